The molecule has 0 aliphatic carbocycles. The molecule has 0 spiro atoms. The average Bonchev–Trinajstić information content (AvgIpc) is 2.80. The fourth-order valence-electron chi connectivity index (χ4n) is 1.72. The molecule has 2 aromatic heterocycles. The van der Waals surface area contributed by atoms with E-state index in [0.29, 0.717) is 18.8 Å². The van der Waals surface area contributed by atoms with Gasteiger partial charge in [-0.25, -0.2) is 4.68 Å². The van der Waals surface area contributed by atoms with Crippen molar-refractivity contribution in [2.24, 2.45) is 0 Å². The van der Waals surface area contributed by atoms with Crippen molar-refractivity contribution in [1.29, 1.82) is 0 Å². The van der Waals surface area contributed by atoms with Crippen molar-refractivity contribution >= 4 is 17.3 Å². The monoisotopic (exact) mass is 281 g/mol. The quantitative estimate of drug-likeness (QED) is 0.915. The molecular weight excluding hydrogens is 266 g/mol. The number of nitrogens with zero attached hydrogens (tertiary/aromatic N) is 2. The first-order chi connectivity index (χ1) is 9.11. The second kappa shape index (κ2) is 5.93. The van der Waals surface area contributed by atoms with Crippen molar-refractivity contribution in [3.63, 3.8) is 0 Å². The van der Waals surface area contributed by atoms with Crippen molar-refractivity contribution in [3.8, 4) is 0 Å². The summed E-state index contributed by atoms with van der Waals surface area (Å²) in [5.41, 5.74) is 0.247. The van der Waals surface area contributed by atoms with Crippen LogP contribution in [0.4, 0.5) is 5.69 Å². The Morgan fingerprint density at radius 3 is 2.89 bits per heavy atom. The fourth-order valence-corrected chi connectivity index (χ4v) is 1.94. The zero-order valence-electron chi connectivity index (χ0n) is 10.9. The van der Waals surface area contributed by atoms with Gasteiger partial charge in [-0.1, -0.05) is 18.5 Å². The third-order valence-corrected chi connectivity index (χ3v) is 3.03. The molecule has 0 aliphatic rings. The highest BCUT2D eigenvalue weighted by Gasteiger charge is 2.09. The summed E-state index contributed by atoms with van der Waals surface area (Å²) in [6, 6.07) is 3.76. The molecule has 0 aromatic carbocycles. The number of aromatic nitrogens is 2. The van der Waals surface area contributed by atoms with Gasteiger partial charge in [-0.3, -0.25) is 4.79 Å². The van der Waals surface area contributed by atoms with Crippen molar-refractivity contribution < 1.29 is 4.42 Å². The summed E-state index contributed by atoms with van der Waals surface area (Å²) in [5, 5.41) is 7.28. The largest absolute Gasteiger partial charge is 0.465 e. The van der Waals surface area contributed by atoms with E-state index in [1.165, 1.54) is 4.68 Å². The van der Waals surface area contributed by atoms with Crippen LogP contribution in [-0.4, -0.2) is 9.78 Å². The van der Waals surface area contributed by atoms with E-state index in [4.69, 9.17) is 16.0 Å². The summed E-state index contributed by atoms with van der Waals surface area (Å²) in [4.78, 5) is 11.9. The van der Waals surface area contributed by atoms with Gasteiger partial charge in [-0.15, -0.1) is 0 Å². The summed E-state index contributed by atoms with van der Waals surface area (Å²) in [6.07, 6.45) is 2.40. The highest BCUT2D eigenvalue weighted by Crippen LogP contribution is 2.17. The molecule has 0 saturated heterocycles. The van der Waals surface area contributed by atoms with Crippen molar-refractivity contribution in [3.05, 3.63) is 45.2 Å². The van der Waals surface area contributed by atoms with Gasteiger partial charge in [-0.05, 0) is 25.5 Å². The lowest BCUT2D eigenvalue weighted by molar-refractivity contribution is 0.490. The molecule has 0 atom stereocenters. The number of hydrogen-bond donors (Lipinski definition) is 1. The Bertz CT molecular complexity index is 619. The van der Waals surface area contributed by atoms with Crippen LogP contribution in [0.2, 0.25) is 5.02 Å². The molecule has 0 saturated carbocycles. The summed E-state index contributed by atoms with van der Waals surface area (Å²) >= 11 is 6.04. The number of hydrogen-bond acceptors (Lipinski definition) is 4. The van der Waals surface area contributed by atoms with E-state index in [0.717, 1.165) is 17.9 Å². The minimum Gasteiger partial charge on any atom is -0.465 e. The Labute approximate surface area is 116 Å². The number of aryl methyl sites for hydroxylation is 2. The molecule has 2 aromatic rings. The molecule has 0 fully saturated rings. The van der Waals surface area contributed by atoms with Crippen LogP contribution in [0.5, 0.6) is 0 Å². The predicted molar refractivity (Wildman–Crippen MR) is 74.6 cm³/mol. The maximum absolute atomic E-state index is 11.9. The molecule has 0 bridgehead atoms. The first kappa shape index (κ1) is 13.7. The standard InChI is InChI=1S/C13H16ClN3O2/c1-3-6-17-13(18)12(14)11(8-16-17)15-7-10-5-4-9(2)19-10/h4-5,8,15H,3,6-7H2,1-2H3. The molecular formula is C13H16ClN3O2. The lowest BCUT2D eigenvalue weighted by atomic mass is 10.4. The number of furan rings is 1. The zero-order valence-corrected chi connectivity index (χ0v) is 11.7. The summed E-state index contributed by atoms with van der Waals surface area (Å²) < 4.78 is 6.79. The van der Waals surface area contributed by atoms with E-state index < -0.39 is 0 Å². The van der Waals surface area contributed by atoms with E-state index in [1.54, 1.807) is 6.20 Å². The van der Waals surface area contributed by atoms with Gasteiger partial charge in [-0.2, -0.15) is 5.10 Å². The van der Waals surface area contributed by atoms with Gasteiger partial charge in [0.05, 0.1) is 18.4 Å². The van der Waals surface area contributed by atoms with E-state index in [9.17, 15) is 4.79 Å². The molecule has 2 rings (SSSR count). The van der Waals surface area contributed by atoms with E-state index >= 15 is 0 Å². The van der Waals surface area contributed by atoms with Crippen LogP contribution < -0.4 is 10.9 Å². The predicted octanol–water partition coefficient (Wildman–Crippen LogP) is 2.82. The molecule has 0 aliphatic heterocycles. The van der Waals surface area contributed by atoms with Crippen molar-refractivity contribution in [2.45, 2.75) is 33.4 Å². The summed E-state index contributed by atoms with van der Waals surface area (Å²) in [7, 11) is 0. The third kappa shape index (κ3) is 3.17. The lowest BCUT2D eigenvalue weighted by Gasteiger charge is -2.08. The SMILES string of the molecule is CCCn1ncc(NCc2ccc(C)o2)c(Cl)c1=O. The Kier molecular flexibility index (Phi) is 4.27. The second-order valence-corrected chi connectivity index (χ2v) is 4.64. The third-order valence-electron chi connectivity index (χ3n) is 2.67. The minimum atomic E-state index is -0.274. The van der Waals surface area contributed by atoms with Crippen molar-refractivity contribution in [2.75, 3.05) is 5.32 Å². The smallest absolute Gasteiger partial charge is 0.287 e. The second-order valence-electron chi connectivity index (χ2n) is 4.27. The van der Waals surface area contributed by atoms with Crippen LogP contribution in [0.25, 0.3) is 0 Å². The first-order valence-corrected chi connectivity index (χ1v) is 6.54. The van der Waals surface area contributed by atoms with Gasteiger partial charge in [0.15, 0.2) is 0 Å². The molecule has 0 unspecified atom stereocenters. The van der Waals surface area contributed by atoms with Gasteiger partial charge in [0, 0.05) is 6.54 Å². The molecule has 6 heteroatoms. The van der Waals surface area contributed by atoms with Gasteiger partial charge < -0.3 is 9.73 Å². The number of nitrogens with one attached hydrogen (secondary N) is 1. The molecule has 5 nitrogen and oxygen atoms in total. The highest BCUT2D eigenvalue weighted by molar-refractivity contribution is 6.32. The highest BCUT2D eigenvalue weighted by atomic mass is 35.5. The Morgan fingerprint density at radius 2 is 2.26 bits per heavy atom. The Morgan fingerprint density at radius 1 is 1.47 bits per heavy atom. The van der Waals surface area contributed by atoms with Gasteiger partial charge in [0.1, 0.15) is 16.5 Å². The fraction of sp³-hybridized carbons (Fsp3) is 0.385. The lowest BCUT2D eigenvalue weighted by Crippen LogP contribution is -2.24. The maximum Gasteiger partial charge on any atom is 0.287 e. The summed E-state index contributed by atoms with van der Waals surface area (Å²) in [5.74, 6) is 1.63. The molecule has 19 heavy (non-hydrogen) atoms. The molecule has 2 heterocycles. The minimum absolute atomic E-state index is 0.159. The topological polar surface area (TPSA) is 60.1 Å². The van der Waals surface area contributed by atoms with E-state index in [2.05, 4.69) is 10.4 Å². The van der Waals surface area contributed by atoms with E-state index in [-0.39, 0.29) is 10.6 Å². The Hall–Kier alpha value is -1.75. The van der Waals surface area contributed by atoms with Gasteiger partial charge in [0.25, 0.3) is 5.56 Å². The Balaban J connectivity index is 2.13. The van der Waals surface area contributed by atoms with Crippen LogP contribution in [0.15, 0.2) is 27.5 Å². The number of rotatable bonds is 5. The number of anilines is 1. The normalized spacial score (nSPS) is 10.7. The molecule has 0 radical (unpaired) electrons. The molecule has 1 N–H and O–H groups in total. The van der Waals surface area contributed by atoms with Crippen LogP contribution in [0, 0.1) is 6.92 Å². The van der Waals surface area contributed by atoms with Crippen LogP contribution >= 0.6 is 11.6 Å². The van der Waals surface area contributed by atoms with Crippen LogP contribution in [0.1, 0.15) is 24.9 Å². The summed E-state index contributed by atoms with van der Waals surface area (Å²) in [6.45, 7) is 4.89. The molecule has 0 amide bonds. The van der Waals surface area contributed by atoms with Crippen molar-refractivity contribution in [1.82, 2.24) is 9.78 Å². The van der Waals surface area contributed by atoms with Gasteiger partial charge in [0.2, 0.25) is 0 Å². The zero-order chi connectivity index (χ0) is 13.8. The average molecular weight is 282 g/mol. The van der Waals surface area contributed by atoms with Crippen LogP contribution in [0.3, 0.4) is 0 Å². The van der Waals surface area contributed by atoms with Crippen LogP contribution in [-0.2, 0) is 13.1 Å². The number of halogens is 1. The van der Waals surface area contributed by atoms with Gasteiger partial charge >= 0.3 is 0 Å². The maximum atomic E-state index is 11.9. The first-order valence-electron chi connectivity index (χ1n) is 6.16. The molecule has 102 valence electrons. The van der Waals surface area contributed by atoms with E-state index in [1.807, 2.05) is 26.0 Å².